The third kappa shape index (κ3) is 7.58. The molecular formula is C37H36F2N4O6. The molecule has 1 saturated carbocycles. The summed E-state index contributed by atoms with van der Waals surface area (Å²) in [6, 6.07) is 22.9. The molecule has 0 radical (unpaired) electrons. The minimum atomic E-state index is -1.25. The Labute approximate surface area is 283 Å². The van der Waals surface area contributed by atoms with Gasteiger partial charge in [-0.15, -0.1) is 0 Å². The molecule has 4 aromatic rings. The molecule has 0 amide bonds. The highest BCUT2D eigenvalue weighted by Crippen LogP contribution is 2.43. The maximum atomic E-state index is 16.4. The summed E-state index contributed by atoms with van der Waals surface area (Å²) < 4.78 is 61.8. The number of nitrogens with zero attached hydrogens (tertiary/aromatic N) is 3. The number of aromatic nitrogens is 1. The summed E-state index contributed by atoms with van der Waals surface area (Å²) in [6.45, 7) is 1.69. The Morgan fingerprint density at radius 2 is 1.67 bits per heavy atom. The van der Waals surface area contributed by atoms with Crippen LogP contribution < -0.4 is 24.3 Å². The molecule has 0 spiro atoms. The van der Waals surface area contributed by atoms with Gasteiger partial charge >= 0.3 is 5.97 Å². The van der Waals surface area contributed by atoms with Crippen LogP contribution >= 0.6 is 0 Å². The van der Waals surface area contributed by atoms with Crippen molar-refractivity contribution in [2.45, 2.75) is 44.6 Å². The SMILES string of the molecule is COC(=O)C1CCCCC1Oc1c(F)c(Oc2cc(C#N)ccc2OCc2ccccc2)nc(Oc2ccccc2C2NCCN2C)c1F. The van der Waals surface area contributed by atoms with Crippen LogP contribution in [0.15, 0.2) is 72.8 Å². The first-order valence-electron chi connectivity index (χ1n) is 16.1. The first-order valence-corrected chi connectivity index (χ1v) is 16.1. The van der Waals surface area contributed by atoms with Gasteiger partial charge in [0, 0.05) is 24.7 Å². The molecule has 6 rings (SSSR count). The Morgan fingerprint density at radius 3 is 2.39 bits per heavy atom. The third-order valence-electron chi connectivity index (χ3n) is 8.63. The maximum Gasteiger partial charge on any atom is 0.312 e. The van der Waals surface area contributed by atoms with Gasteiger partial charge in [0.05, 0.1) is 30.8 Å². The molecule has 1 N–H and O–H groups in total. The number of ether oxygens (including phenoxy) is 5. The van der Waals surface area contributed by atoms with Crippen LogP contribution in [0.2, 0.25) is 0 Å². The fourth-order valence-electron chi connectivity index (χ4n) is 6.06. The van der Waals surface area contributed by atoms with Crippen LogP contribution in [-0.4, -0.2) is 49.2 Å². The van der Waals surface area contributed by atoms with Crippen LogP contribution in [0.3, 0.4) is 0 Å². The average molecular weight is 671 g/mol. The number of nitrogens with one attached hydrogen (secondary N) is 1. The van der Waals surface area contributed by atoms with Crippen LogP contribution in [0.4, 0.5) is 8.78 Å². The van der Waals surface area contributed by atoms with E-state index in [0.29, 0.717) is 24.8 Å². The summed E-state index contributed by atoms with van der Waals surface area (Å²) in [5.74, 6) is -5.35. The van der Waals surface area contributed by atoms with Crippen molar-refractivity contribution in [3.63, 3.8) is 0 Å². The number of para-hydroxylation sites is 1. The third-order valence-corrected chi connectivity index (χ3v) is 8.63. The molecule has 1 aromatic heterocycles. The fourth-order valence-corrected chi connectivity index (χ4v) is 6.06. The van der Waals surface area contributed by atoms with Crippen molar-refractivity contribution in [3.8, 4) is 40.8 Å². The molecule has 2 fully saturated rings. The second-order valence-corrected chi connectivity index (χ2v) is 11.9. The van der Waals surface area contributed by atoms with E-state index in [4.69, 9.17) is 23.7 Å². The van der Waals surface area contributed by atoms with Gasteiger partial charge in [-0.3, -0.25) is 15.0 Å². The van der Waals surface area contributed by atoms with Gasteiger partial charge < -0.3 is 23.7 Å². The van der Waals surface area contributed by atoms with E-state index in [1.54, 1.807) is 12.1 Å². The van der Waals surface area contributed by atoms with Crippen molar-refractivity contribution < 1.29 is 37.3 Å². The Morgan fingerprint density at radius 1 is 0.959 bits per heavy atom. The van der Waals surface area contributed by atoms with Gasteiger partial charge in [0.15, 0.2) is 11.5 Å². The van der Waals surface area contributed by atoms with E-state index < -0.39 is 47.1 Å². The van der Waals surface area contributed by atoms with E-state index in [-0.39, 0.29) is 35.6 Å². The van der Waals surface area contributed by atoms with Crippen LogP contribution in [0.25, 0.3) is 0 Å². The van der Waals surface area contributed by atoms with Gasteiger partial charge in [0.1, 0.15) is 18.5 Å². The van der Waals surface area contributed by atoms with E-state index in [1.807, 2.05) is 55.6 Å². The number of methoxy groups -OCH3 is 1. The van der Waals surface area contributed by atoms with E-state index in [1.165, 1.54) is 25.3 Å². The lowest BCUT2D eigenvalue weighted by molar-refractivity contribution is -0.150. The summed E-state index contributed by atoms with van der Waals surface area (Å²) in [7, 11) is 3.21. The smallest absolute Gasteiger partial charge is 0.312 e. The zero-order valence-electron chi connectivity index (χ0n) is 27.2. The number of pyridine rings is 1. The lowest BCUT2D eigenvalue weighted by Gasteiger charge is -2.30. The molecule has 1 aliphatic carbocycles. The van der Waals surface area contributed by atoms with Crippen molar-refractivity contribution in [2.24, 2.45) is 5.92 Å². The van der Waals surface area contributed by atoms with Gasteiger partial charge in [-0.2, -0.15) is 19.0 Å². The summed E-state index contributed by atoms with van der Waals surface area (Å²) >= 11 is 0. The molecule has 1 aliphatic heterocycles. The van der Waals surface area contributed by atoms with Crippen LogP contribution in [0, 0.1) is 28.9 Å². The van der Waals surface area contributed by atoms with Gasteiger partial charge in [0.25, 0.3) is 11.8 Å². The first-order chi connectivity index (χ1) is 23.9. The molecule has 3 aromatic carbocycles. The quantitative estimate of drug-likeness (QED) is 0.167. The molecular weight excluding hydrogens is 634 g/mol. The normalized spacial score (nSPS) is 19.1. The number of hydrogen-bond acceptors (Lipinski definition) is 10. The van der Waals surface area contributed by atoms with Crippen molar-refractivity contribution >= 4 is 5.97 Å². The molecule has 49 heavy (non-hydrogen) atoms. The maximum absolute atomic E-state index is 16.4. The number of esters is 1. The van der Waals surface area contributed by atoms with E-state index in [9.17, 15) is 10.1 Å². The standard InChI is InChI=1S/C37H36F2N4O6/c1-43-19-18-41-34(43)25-12-6-8-14-27(25)48-35-31(38)33(47-28-15-9-7-13-26(28)37(44)45-2)32(39)36(42-35)49-30-20-24(21-40)16-17-29(30)46-22-23-10-4-3-5-11-23/h3-6,8,10-12,14,16-17,20,26,28,34,41H,7,9,13,15,18-19,22H2,1-2H3. The Balaban J connectivity index is 1.41. The van der Waals surface area contributed by atoms with Crippen molar-refractivity contribution in [2.75, 3.05) is 27.2 Å². The predicted molar refractivity (Wildman–Crippen MR) is 174 cm³/mol. The summed E-state index contributed by atoms with van der Waals surface area (Å²) in [4.78, 5) is 18.8. The molecule has 2 heterocycles. The number of nitriles is 1. The highest BCUT2D eigenvalue weighted by Gasteiger charge is 2.37. The van der Waals surface area contributed by atoms with Crippen molar-refractivity contribution in [3.05, 3.63) is 101 Å². The molecule has 254 valence electrons. The molecule has 12 heteroatoms. The fraction of sp³-hybridized carbons (Fsp3) is 0.324. The largest absolute Gasteiger partial charge is 0.485 e. The van der Waals surface area contributed by atoms with Gasteiger partial charge in [-0.1, -0.05) is 55.0 Å². The number of likely N-dealkylation sites (N-methyl/N-ethyl adjacent to an activating group) is 1. The molecule has 1 saturated heterocycles. The second kappa shape index (κ2) is 15.3. The lowest BCUT2D eigenvalue weighted by atomic mass is 9.86. The average Bonchev–Trinajstić information content (AvgIpc) is 3.57. The molecule has 3 atom stereocenters. The zero-order valence-corrected chi connectivity index (χ0v) is 27.2. The van der Waals surface area contributed by atoms with E-state index in [2.05, 4.69) is 15.2 Å². The van der Waals surface area contributed by atoms with Crippen LogP contribution in [0.5, 0.6) is 34.8 Å². The molecule has 0 bridgehead atoms. The van der Waals surface area contributed by atoms with Crippen molar-refractivity contribution in [1.82, 2.24) is 15.2 Å². The molecule has 3 unspecified atom stereocenters. The number of carbonyl (C=O) groups excluding carboxylic acids is 1. The number of hydrogen-bond donors (Lipinski definition) is 1. The molecule has 2 aliphatic rings. The number of rotatable bonds is 11. The Kier molecular flexibility index (Phi) is 10.5. The monoisotopic (exact) mass is 670 g/mol. The number of carbonyl (C=O) groups is 1. The molecule has 10 nitrogen and oxygen atoms in total. The summed E-state index contributed by atoms with van der Waals surface area (Å²) in [6.07, 6.45) is 1.16. The van der Waals surface area contributed by atoms with Gasteiger partial charge in [0.2, 0.25) is 17.4 Å². The van der Waals surface area contributed by atoms with E-state index >= 15 is 8.78 Å². The minimum absolute atomic E-state index is 0.0350. The first kappa shape index (κ1) is 33.6. The van der Waals surface area contributed by atoms with Crippen LogP contribution in [0.1, 0.15) is 48.5 Å². The van der Waals surface area contributed by atoms with Crippen LogP contribution in [-0.2, 0) is 16.1 Å². The topological polar surface area (TPSA) is 115 Å². The lowest BCUT2D eigenvalue weighted by Crippen LogP contribution is -2.37. The minimum Gasteiger partial charge on any atom is -0.485 e. The predicted octanol–water partition coefficient (Wildman–Crippen LogP) is 7.04. The Hall–Kier alpha value is -5.25. The number of halogens is 2. The Bertz CT molecular complexity index is 1840. The van der Waals surface area contributed by atoms with Crippen molar-refractivity contribution in [1.29, 1.82) is 5.26 Å². The number of benzene rings is 3. The van der Waals surface area contributed by atoms with Gasteiger partial charge in [-0.25, -0.2) is 0 Å². The highest BCUT2D eigenvalue weighted by molar-refractivity contribution is 5.73. The highest BCUT2D eigenvalue weighted by atomic mass is 19.1. The zero-order chi connectivity index (χ0) is 34.3. The summed E-state index contributed by atoms with van der Waals surface area (Å²) in [5, 5.41) is 13.0. The summed E-state index contributed by atoms with van der Waals surface area (Å²) in [5.41, 5.74) is 1.79. The van der Waals surface area contributed by atoms with E-state index in [0.717, 1.165) is 25.1 Å². The van der Waals surface area contributed by atoms with Gasteiger partial charge in [-0.05, 0) is 50.1 Å². The second-order valence-electron chi connectivity index (χ2n) is 11.9.